The third-order valence-corrected chi connectivity index (χ3v) is 4.35. The maximum absolute atomic E-state index is 12.3. The van der Waals surface area contributed by atoms with E-state index in [2.05, 4.69) is 5.32 Å². The van der Waals surface area contributed by atoms with E-state index in [9.17, 15) is 9.59 Å². The SMILES string of the molecule is CON(C)C(=O)c1ccc(NC(=O)C(C)Oc2cccc(Cl)c2Cl)cc1. The fourth-order valence-electron chi connectivity index (χ4n) is 2.02. The number of carbonyl (C=O) groups excluding carboxylic acids is 2. The molecule has 0 heterocycles. The minimum Gasteiger partial charge on any atom is -0.479 e. The highest BCUT2D eigenvalue weighted by molar-refractivity contribution is 6.42. The van der Waals surface area contributed by atoms with Crippen molar-refractivity contribution in [3.05, 3.63) is 58.1 Å². The molecule has 0 spiro atoms. The summed E-state index contributed by atoms with van der Waals surface area (Å²) < 4.78 is 5.56. The quantitative estimate of drug-likeness (QED) is 0.748. The lowest BCUT2D eigenvalue weighted by molar-refractivity contribution is -0.122. The van der Waals surface area contributed by atoms with Crippen molar-refractivity contribution >= 4 is 40.7 Å². The Morgan fingerprint density at radius 2 is 1.77 bits per heavy atom. The van der Waals surface area contributed by atoms with Gasteiger partial charge in [-0.1, -0.05) is 29.3 Å². The zero-order valence-electron chi connectivity index (χ0n) is 14.5. The molecule has 2 amide bonds. The predicted octanol–water partition coefficient (Wildman–Crippen LogP) is 4.03. The lowest BCUT2D eigenvalue weighted by Gasteiger charge is -2.16. The molecule has 0 bridgehead atoms. The van der Waals surface area contributed by atoms with Gasteiger partial charge < -0.3 is 10.1 Å². The number of carbonyl (C=O) groups is 2. The van der Waals surface area contributed by atoms with Crippen LogP contribution in [0.2, 0.25) is 10.0 Å². The standard InChI is InChI=1S/C18H18Cl2N2O4/c1-11(26-15-6-4-5-14(19)16(15)20)17(23)21-13-9-7-12(8-10-13)18(24)22(2)25-3/h4-11H,1-3H3,(H,21,23). The summed E-state index contributed by atoms with van der Waals surface area (Å²) in [6.07, 6.45) is -0.799. The van der Waals surface area contributed by atoms with Gasteiger partial charge in [0, 0.05) is 18.3 Å². The van der Waals surface area contributed by atoms with Gasteiger partial charge in [0.15, 0.2) is 6.10 Å². The van der Waals surface area contributed by atoms with Crippen molar-refractivity contribution < 1.29 is 19.2 Å². The molecule has 0 radical (unpaired) electrons. The van der Waals surface area contributed by atoms with E-state index >= 15 is 0 Å². The van der Waals surface area contributed by atoms with Crippen molar-refractivity contribution in [3.8, 4) is 5.75 Å². The van der Waals surface area contributed by atoms with Crippen LogP contribution in [0.1, 0.15) is 17.3 Å². The van der Waals surface area contributed by atoms with E-state index in [0.717, 1.165) is 5.06 Å². The number of hydroxylamine groups is 2. The molecule has 138 valence electrons. The van der Waals surface area contributed by atoms with Crippen LogP contribution in [0.3, 0.4) is 0 Å². The van der Waals surface area contributed by atoms with E-state index in [0.29, 0.717) is 22.0 Å². The summed E-state index contributed by atoms with van der Waals surface area (Å²) in [4.78, 5) is 29.1. The molecule has 8 heteroatoms. The van der Waals surface area contributed by atoms with Gasteiger partial charge >= 0.3 is 0 Å². The summed E-state index contributed by atoms with van der Waals surface area (Å²) in [5.41, 5.74) is 0.960. The lowest BCUT2D eigenvalue weighted by Crippen LogP contribution is -2.30. The highest BCUT2D eigenvalue weighted by Crippen LogP contribution is 2.32. The van der Waals surface area contributed by atoms with Gasteiger partial charge in [-0.05, 0) is 43.3 Å². The van der Waals surface area contributed by atoms with E-state index in [1.54, 1.807) is 49.4 Å². The molecule has 2 rings (SSSR count). The molecule has 0 aliphatic rings. The van der Waals surface area contributed by atoms with Crippen molar-refractivity contribution in [3.63, 3.8) is 0 Å². The number of nitrogens with zero attached hydrogens (tertiary/aromatic N) is 1. The molecule has 1 atom stereocenters. The van der Waals surface area contributed by atoms with Crippen LogP contribution in [0.15, 0.2) is 42.5 Å². The molecule has 0 saturated heterocycles. The monoisotopic (exact) mass is 396 g/mol. The number of halogens is 2. The third kappa shape index (κ3) is 4.88. The average Bonchev–Trinajstić information content (AvgIpc) is 2.64. The van der Waals surface area contributed by atoms with Gasteiger partial charge in [0.05, 0.1) is 12.1 Å². The molecule has 0 aliphatic carbocycles. The fraction of sp³-hybridized carbons (Fsp3) is 0.222. The minimum absolute atomic E-state index is 0.249. The highest BCUT2D eigenvalue weighted by Gasteiger charge is 2.18. The van der Waals surface area contributed by atoms with E-state index in [-0.39, 0.29) is 16.8 Å². The summed E-state index contributed by atoms with van der Waals surface area (Å²) >= 11 is 12.0. The summed E-state index contributed by atoms with van der Waals surface area (Å²) in [6.45, 7) is 1.60. The van der Waals surface area contributed by atoms with Gasteiger partial charge in [0.1, 0.15) is 10.8 Å². The Balaban J connectivity index is 2.00. The zero-order chi connectivity index (χ0) is 19.3. The van der Waals surface area contributed by atoms with E-state index in [4.69, 9.17) is 32.8 Å². The Kier molecular flexibility index (Phi) is 6.85. The van der Waals surface area contributed by atoms with Crippen molar-refractivity contribution in [2.24, 2.45) is 0 Å². The minimum atomic E-state index is -0.799. The molecule has 6 nitrogen and oxygen atoms in total. The first-order chi connectivity index (χ1) is 12.3. The van der Waals surface area contributed by atoms with Crippen LogP contribution in [0.4, 0.5) is 5.69 Å². The highest BCUT2D eigenvalue weighted by atomic mass is 35.5. The first-order valence-electron chi connectivity index (χ1n) is 7.67. The van der Waals surface area contributed by atoms with Crippen LogP contribution in [-0.4, -0.2) is 37.1 Å². The number of hydrogen-bond donors (Lipinski definition) is 1. The summed E-state index contributed by atoms with van der Waals surface area (Å²) in [7, 11) is 2.91. The van der Waals surface area contributed by atoms with Gasteiger partial charge in [-0.2, -0.15) is 0 Å². The zero-order valence-corrected chi connectivity index (χ0v) is 16.0. The Bertz CT molecular complexity index is 796. The second-order valence-electron chi connectivity index (χ2n) is 5.36. The topological polar surface area (TPSA) is 67.9 Å². The molecule has 0 aromatic heterocycles. The molecule has 26 heavy (non-hydrogen) atoms. The number of hydrogen-bond acceptors (Lipinski definition) is 4. The van der Waals surface area contributed by atoms with Gasteiger partial charge in [-0.3, -0.25) is 14.4 Å². The van der Waals surface area contributed by atoms with E-state index in [1.807, 2.05) is 0 Å². The van der Waals surface area contributed by atoms with Gasteiger partial charge in [-0.15, -0.1) is 0 Å². The number of benzene rings is 2. The molecular weight excluding hydrogens is 379 g/mol. The molecule has 0 fully saturated rings. The number of anilines is 1. The molecule has 2 aromatic carbocycles. The molecule has 0 aliphatic heterocycles. The normalized spacial score (nSPS) is 11.6. The molecule has 1 unspecified atom stereocenters. The Labute approximate surface area is 161 Å². The largest absolute Gasteiger partial charge is 0.479 e. The number of ether oxygens (including phenoxy) is 1. The Hall–Kier alpha value is -2.28. The molecule has 2 aromatic rings. The smallest absolute Gasteiger partial charge is 0.277 e. The Morgan fingerprint density at radius 1 is 1.12 bits per heavy atom. The van der Waals surface area contributed by atoms with Crippen LogP contribution in [0, 0.1) is 0 Å². The van der Waals surface area contributed by atoms with Crippen LogP contribution in [-0.2, 0) is 9.63 Å². The summed E-state index contributed by atoms with van der Waals surface area (Å²) in [6, 6.07) is 11.4. The van der Waals surface area contributed by atoms with Gasteiger partial charge in [0.2, 0.25) is 0 Å². The maximum Gasteiger partial charge on any atom is 0.277 e. The van der Waals surface area contributed by atoms with Gasteiger partial charge in [0.25, 0.3) is 11.8 Å². The van der Waals surface area contributed by atoms with Crippen LogP contribution in [0.25, 0.3) is 0 Å². The number of rotatable bonds is 6. The van der Waals surface area contributed by atoms with Gasteiger partial charge in [-0.25, -0.2) is 5.06 Å². The number of nitrogens with one attached hydrogen (secondary N) is 1. The summed E-state index contributed by atoms with van der Waals surface area (Å²) in [5, 5.41) is 4.41. The van der Waals surface area contributed by atoms with Crippen molar-refractivity contribution in [2.75, 3.05) is 19.5 Å². The van der Waals surface area contributed by atoms with Crippen LogP contribution in [0.5, 0.6) is 5.75 Å². The second-order valence-corrected chi connectivity index (χ2v) is 6.15. The van der Waals surface area contributed by atoms with Crippen LogP contribution < -0.4 is 10.1 Å². The summed E-state index contributed by atoms with van der Waals surface area (Å²) in [5.74, 6) is -0.336. The molecular formula is C18H18Cl2N2O4. The first kappa shape index (κ1) is 20.0. The second kappa shape index (κ2) is 8.89. The Morgan fingerprint density at radius 3 is 2.38 bits per heavy atom. The maximum atomic E-state index is 12.3. The number of amides is 2. The van der Waals surface area contributed by atoms with Crippen molar-refractivity contribution in [2.45, 2.75) is 13.0 Å². The fourth-order valence-corrected chi connectivity index (χ4v) is 2.36. The molecule has 0 saturated carbocycles. The average molecular weight is 397 g/mol. The third-order valence-electron chi connectivity index (χ3n) is 3.55. The van der Waals surface area contributed by atoms with E-state index < -0.39 is 6.10 Å². The lowest BCUT2D eigenvalue weighted by atomic mass is 10.2. The molecule has 1 N–H and O–H groups in total. The van der Waals surface area contributed by atoms with Crippen molar-refractivity contribution in [1.82, 2.24) is 5.06 Å². The first-order valence-corrected chi connectivity index (χ1v) is 8.43. The van der Waals surface area contributed by atoms with Crippen LogP contribution >= 0.6 is 23.2 Å². The predicted molar refractivity (Wildman–Crippen MR) is 101 cm³/mol. The van der Waals surface area contributed by atoms with Crippen molar-refractivity contribution in [1.29, 1.82) is 0 Å². The van der Waals surface area contributed by atoms with E-state index in [1.165, 1.54) is 14.2 Å².